The third-order valence-corrected chi connectivity index (χ3v) is 8.73. The van der Waals surface area contributed by atoms with Gasteiger partial charge < -0.3 is 10.6 Å². The van der Waals surface area contributed by atoms with E-state index in [1.165, 1.54) is 12.4 Å². The minimum atomic E-state index is -2.72. The molecule has 10 heteroatoms. The number of nitrogens with one attached hydrogen (secondary N) is 3. The van der Waals surface area contributed by atoms with Crippen molar-refractivity contribution >= 4 is 17.5 Å². The molecule has 3 N–H and O–H groups in total. The van der Waals surface area contributed by atoms with E-state index in [9.17, 15) is 18.4 Å². The summed E-state index contributed by atoms with van der Waals surface area (Å²) in [5, 5.41) is 17.2. The van der Waals surface area contributed by atoms with Crippen molar-refractivity contribution in [3.8, 4) is 22.3 Å². The summed E-state index contributed by atoms with van der Waals surface area (Å²) >= 11 is 0. The van der Waals surface area contributed by atoms with Crippen LogP contribution in [-0.2, 0) is 16.0 Å². The second-order valence-electron chi connectivity index (χ2n) is 11.8. The zero-order valence-corrected chi connectivity index (χ0v) is 23.9. The van der Waals surface area contributed by atoms with Gasteiger partial charge in [0.1, 0.15) is 6.04 Å². The van der Waals surface area contributed by atoms with Gasteiger partial charge in [-0.1, -0.05) is 37.3 Å². The van der Waals surface area contributed by atoms with Crippen LogP contribution < -0.4 is 10.6 Å². The van der Waals surface area contributed by atoms with E-state index in [2.05, 4.69) is 25.9 Å². The van der Waals surface area contributed by atoms with Crippen molar-refractivity contribution in [2.45, 2.75) is 71.4 Å². The van der Waals surface area contributed by atoms with Crippen LogP contribution in [0.25, 0.3) is 22.3 Å². The second kappa shape index (κ2) is 10.8. The molecule has 1 saturated carbocycles. The third kappa shape index (κ3) is 5.33. The standard InChI is InChI=1S/C32H34F2N6O2/c1-18-27(19(2)39-38-18)21-9-11-24(12-10-21)36-29(41)28(37-30(42)32(3)13-14-32)25-6-4-5-20-7-8-22(15-26(20)25)23-16-35-40(17-23)31(33)34/h7-12,15-17,25,28,31H,4-6,13-14H2,1-3H3,(H,36,41)(H,37,42)(H,38,39)/t25-,28+/m1/s1. The summed E-state index contributed by atoms with van der Waals surface area (Å²) in [5.41, 5.74) is 7.43. The number of H-pyrrole nitrogens is 1. The number of hydrogen-bond acceptors (Lipinski definition) is 4. The molecular formula is C32H34F2N6O2. The van der Waals surface area contributed by atoms with Gasteiger partial charge in [0.15, 0.2) is 0 Å². The van der Waals surface area contributed by atoms with E-state index in [1.807, 2.05) is 63.2 Å². The molecule has 0 unspecified atom stereocenters. The van der Waals surface area contributed by atoms with Crippen LogP contribution in [0.3, 0.4) is 0 Å². The van der Waals surface area contributed by atoms with Crippen LogP contribution in [0.15, 0.2) is 54.9 Å². The fourth-order valence-electron chi connectivity index (χ4n) is 5.95. The van der Waals surface area contributed by atoms with Crippen LogP contribution in [0.1, 0.15) is 67.6 Å². The van der Waals surface area contributed by atoms with E-state index in [0.717, 1.165) is 64.9 Å². The first-order valence-electron chi connectivity index (χ1n) is 14.3. The summed E-state index contributed by atoms with van der Waals surface area (Å²) in [4.78, 5) is 27.2. The van der Waals surface area contributed by atoms with Crippen LogP contribution in [0.2, 0.25) is 0 Å². The number of nitrogens with zero attached hydrogens (tertiary/aromatic N) is 3. The minimum absolute atomic E-state index is 0.120. The number of benzene rings is 2. The molecule has 0 bridgehead atoms. The van der Waals surface area contributed by atoms with Gasteiger partial charge in [-0.05, 0) is 80.3 Å². The minimum Gasteiger partial charge on any atom is -0.343 e. The predicted molar refractivity (Wildman–Crippen MR) is 156 cm³/mol. The molecular weight excluding hydrogens is 538 g/mol. The van der Waals surface area contributed by atoms with Gasteiger partial charge in [0.25, 0.3) is 0 Å². The number of alkyl halides is 2. The zero-order chi connectivity index (χ0) is 29.6. The summed E-state index contributed by atoms with van der Waals surface area (Å²) in [6.07, 6.45) is 6.75. The fraction of sp³-hybridized carbons (Fsp3) is 0.375. The van der Waals surface area contributed by atoms with Gasteiger partial charge in [0.2, 0.25) is 11.8 Å². The summed E-state index contributed by atoms with van der Waals surface area (Å²) in [5.74, 6) is -0.684. The smallest absolute Gasteiger partial charge is 0.333 e. The Morgan fingerprint density at radius 3 is 2.45 bits per heavy atom. The summed E-state index contributed by atoms with van der Waals surface area (Å²) in [6.45, 7) is 3.11. The molecule has 1 fully saturated rings. The lowest BCUT2D eigenvalue weighted by Crippen LogP contribution is -2.50. The molecule has 6 rings (SSSR count). The molecule has 2 aromatic carbocycles. The van der Waals surface area contributed by atoms with Crippen molar-refractivity contribution in [3.05, 3.63) is 77.4 Å². The third-order valence-electron chi connectivity index (χ3n) is 8.73. The Kier molecular flexibility index (Phi) is 7.16. The SMILES string of the molecule is Cc1n[nH]c(C)c1-c1ccc(NC(=O)[C@@H](NC(=O)C2(C)CC2)[C@@H]2CCCc3ccc(-c4cnn(C(F)F)c4)cc32)cc1. The molecule has 2 aromatic heterocycles. The van der Waals surface area contributed by atoms with Gasteiger partial charge >= 0.3 is 6.55 Å². The van der Waals surface area contributed by atoms with Gasteiger partial charge in [-0.3, -0.25) is 14.7 Å². The molecule has 0 spiro atoms. The lowest BCUT2D eigenvalue weighted by atomic mass is 9.77. The number of aromatic nitrogens is 4. The summed E-state index contributed by atoms with van der Waals surface area (Å²) < 4.78 is 27.0. The topological polar surface area (TPSA) is 105 Å². The van der Waals surface area contributed by atoms with E-state index < -0.39 is 18.0 Å². The van der Waals surface area contributed by atoms with Crippen LogP contribution >= 0.6 is 0 Å². The maximum atomic E-state index is 13.9. The van der Waals surface area contributed by atoms with Crippen LogP contribution in [0.4, 0.5) is 14.5 Å². The highest BCUT2D eigenvalue weighted by atomic mass is 19.3. The molecule has 2 aliphatic rings. The Bertz CT molecular complexity index is 1620. The maximum Gasteiger partial charge on any atom is 0.333 e. The molecule has 42 heavy (non-hydrogen) atoms. The average molecular weight is 573 g/mol. The van der Waals surface area contributed by atoms with E-state index in [0.29, 0.717) is 22.4 Å². The first kappa shape index (κ1) is 27.8. The summed E-state index contributed by atoms with van der Waals surface area (Å²) in [6, 6.07) is 12.7. The molecule has 2 atom stereocenters. The Morgan fingerprint density at radius 1 is 1.07 bits per heavy atom. The van der Waals surface area contributed by atoms with E-state index in [4.69, 9.17) is 0 Å². The average Bonchev–Trinajstić information content (AvgIpc) is 3.38. The van der Waals surface area contributed by atoms with Crippen LogP contribution in [0.5, 0.6) is 0 Å². The molecule has 8 nitrogen and oxygen atoms in total. The molecule has 2 heterocycles. The molecule has 2 aliphatic carbocycles. The number of anilines is 1. The summed E-state index contributed by atoms with van der Waals surface area (Å²) in [7, 11) is 0. The molecule has 0 saturated heterocycles. The van der Waals surface area contributed by atoms with E-state index >= 15 is 0 Å². The van der Waals surface area contributed by atoms with Gasteiger partial charge in [0, 0.05) is 40.0 Å². The second-order valence-corrected chi connectivity index (χ2v) is 11.8. The number of hydrogen-bond donors (Lipinski definition) is 3. The number of carbonyl (C=O) groups is 2. The Balaban J connectivity index is 1.30. The quantitative estimate of drug-likeness (QED) is 0.231. The number of aromatic amines is 1. The number of amides is 2. The van der Waals surface area contributed by atoms with E-state index in [1.54, 1.807) is 0 Å². The lowest BCUT2D eigenvalue weighted by molar-refractivity contribution is -0.130. The normalized spacial score (nSPS) is 17.9. The van der Waals surface area contributed by atoms with E-state index in [-0.39, 0.29) is 17.7 Å². The van der Waals surface area contributed by atoms with Gasteiger partial charge in [0.05, 0.1) is 11.9 Å². The number of rotatable bonds is 8. The molecule has 0 radical (unpaired) electrons. The van der Waals surface area contributed by atoms with Crippen molar-refractivity contribution < 1.29 is 18.4 Å². The predicted octanol–water partition coefficient (Wildman–Crippen LogP) is 6.30. The zero-order valence-electron chi connectivity index (χ0n) is 23.9. The first-order chi connectivity index (χ1) is 20.1. The van der Waals surface area contributed by atoms with Crippen molar-refractivity contribution in [2.24, 2.45) is 5.41 Å². The van der Waals surface area contributed by atoms with Gasteiger partial charge in [-0.25, -0.2) is 4.68 Å². The fourth-order valence-corrected chi connectivity index (χ4v) is 5.95. The Labute approximate surface area is 242 Å². The Hall–Kier alpha value is -4.34. The first-order valence-corrected chi connectivity index (χ1v) is 14.3. The highest BCUT2D eigenvalue weighted by molar-refractivity contribution is 5.99. The number of carbonyl (C=O) groups excluding carboxylic acids is 2. The Morgan fingerprint density at radius 2 is 1.81 bits per heavy atom. The van der Waals surface area contributed by atoms with Crippen LogP contribution in [0, 0.1) is 19.3 Å². The van der Waals surface area contributed by atoms with Crippen molar-refractivity contribution in [2.75, 3.05) is 5.32 Å². The molecule has 2 amide bonds. The molecule has 0 aliphatic heterocycles. The molecule has 218 valence electrons. The number of fused-ring (bicyclic) bond motifs is 1. The monoisotopic (exact) mass is 572 g/mol. The largest absolute Gasteiger partial charge is 0.343 e. The lowest BCUT2D eigenvalue weighted by Gasteiger charge is -2.33. The van der Waals surface area contributed by atoms with Gasteiger partial charge in [-0.15, -0.1) is 0 Å². The highest BCUT2D eigenvalue weighted by Gasteiger charge is 2.47. The van der Waals surface area contributed by atoms with Crippen molar-refractivity contribution in [1.82, 2.24) is 25.3 Å². The van der Waals surface area contributed by atoms with Crippen molar-refractivity contribution in [3.63, 3.8) is 0 Å². The number of halogens is 2. The maximum absolute atomic E-state index is 13.9. The highest BCUT2D eigenvalue weighted by Crippen LogP contribution is 2.46. The molecule has 4 aromatic rings. The number of aryl methyl sites for hydroxylation is 3. The van der Waals surface area contributed by atoms with Crippen LogP contribution in [-0.4, -0.2) is 37.8 Å². The van der Waals surface area contributed by atoms with Gasteiger partial charge in [-0.2, -0.15) is 19.0 Å². The van der Waals surface area contributed by atoms with Crippen molar-refractivity contribution in [1.29, 1.82) is 0 Å².